The largest absolute Gasteiger partial charge is 0.397 e. The van der Waals surface area contributed by atoms with Gasteiger partial charge in [0.25, 0.3) is 0 Å². The molecule has 1 unspecified atom stereocenters. The first-order valence-corrected chi connectivity index (χ1v) is 5.68. The highest BCUT2D eigenvalue weighted by Gasteiger charge is 2.30. The van der Waals surface area contributed by atoms with Crippen molar-refractivity contribution in [3.63, 3.8) is 0 Å². The van der Waals surface area contributed by atoms with Gasteiger partial charge in [-0.05, 0) is 19.1 Å². The van der Waals surface area contributed by atoms with Crippen LogP contribution in [0.2, 0.25) is 0 Å². The second kappa shape index (κ2) is 4.63. The molecule has 2 amide bonds. The number of hydrogen-bond acceptors (Lipinski definition) is 3. The summed E-state index contributed by atoms with van der Waals surface area (Å²) in [4.78, 5) is 15.4. The molecule has 5 heteroatoms. The Balaban J connectivity index is 2.15. The van der Waals surface area contributed by atoms with E-state index < -0.39 is 6.10 Å². The fraction of sp³-hybridized carbons (Fsp3) is 0.417. The van der Waals surface area contributed by atoms with Crippen molar-refractivity contribution >= 4 is 17.4 Å². The number of amides is 2. The van der Waals surface area contributed by atoms with Gasteiger partial charge in [-0.1, -0.05) is 12.1 Å². The van der Waals surface area contributed by atoms with Crippen LogP contribution in [0.4, 0.5) is 16.2 Å². The number of carbonyl (C=O) groups is 1. The van der Waals surface area contributed by atoms with Crippen molar-refractivity contribution in [2.24, 2.45) is 0 Å². The SMILES string of the molecule is CC(O)CN1CCN(c2ccccc2N)C1=O. The van der Waals surface area contributed by atoms with Gasteiger partial charge >= 0.3 is 6.03 Å². The molecule has 1 aliphatic rings. The van der Waals surface area contributed by atoms with Crippen molar-refractivity contribution in [1.82, 2.24) is 4.90 Å². The lowest BCUT2D eigenvalue weighted by molar-refractivity contribution is 0.146. The number of anilines is 2. The Labute approximate surface area is 100 Å². The topological polar surface area (TPSA) is 69.8 Å². The summed E-state index contributed by atoms with van der Waals surface area (Å²) in [7, 11) is 0. The van der Waals surface area contributed by atoms with Crippen LogP contribution in [0, 0.1) is 0 Å². The molecule has 2 rings (SSSR count). The number of benzene rings is 1. The number of para-hydroxylation sites is 2. The second-order valence-electron chi connectivity index (χ2n) is 4.29. The highest BCUT2D eigenvalue weighted by molar-refractivity contribution is 5.97. The van der Waals surface area contributed by atoms with Crippen LogP contribution in [-0.4, -0.2) is 41.8 Å². The first-order chi connectivity index (χ1) is 8.09. The molecular formula is C12H17N3O2. The molecule has 1 fully saturated rings. The van der Waals surface area contributed by atoms with Crippen LogP contribution in [0.15, 0.2) is 24.3 Å². The third kappa shape index (κ3) is 2.34. The lowest BCUT2D eigenvalue weighted by atomic mass is 10.2. The van der Waals surface area contributed by atoms with Gasteiger partial charge in [-0.3, -0.25) is 4.90 Å². The van der Waals surface area contributed by atoms with E-state index in [1.54, 1.807) is 22.8 Å². The normalized spacial score (nSPS) is 17.6. The van der Waals surface area contributed by atoms with Gasteiger partial charge in [-0.2, -0.15) is 0 Å². The van der Waals surface area contributed by atoms with E-state index >= 15 is 0 Å². The van der Waals surface area contributed by atoms with Gasteiger partial charge in [-0.25, -0.2) is 4.79 Å². The van der Waals surface area contributed by atoms with Crippen molar-refractivity contribution < 1.29 is 9.90 Å². The number of rotatable bonds is 3. The van der Waals surface area contributed by atoms with Crippen molar-refractivity contribution in [1.29, 1.82) is 0 Å². The molecule has 1 aliphatic heterocycles. The summed E-state index contributed by atoms with van der Waals surface area (Å²) in [5.41, 5.74) is 7.19. The van der Waals surface area contributed by atoms with E-state index in [2.05, 4.69) is 0 Å². The van der Waals surface area contributed by atoms with E-state index in [4.69, 9.17) is 5.73 Å². The third-order valence-electron chi connectivity index (χ3n) is 2.81. The Bertz CT molecular complexity index is 420. The molecule has 1 saturated heterocycles. The highest BCUT2D eigenvalue weighted by atomic mass is 16.3. The summed E-state index contributed by atoms with van der Waals surface area (Å²) in [5.74, 6) is 0. The van der Waals surface area contributed by atoms with Gasteiger partial charge in [0, 0.05) is 19.6 Å². The molecule has 1 aromatic carbocycles. The van der Waals surface area contributed by atoms with Gasteiger partial charge in [-0.15, -0.1) is 0 Å². The number of nitrogens with two attached hydrogens (primary N) is 1. The molecule has 3 N–H and O–H groups in total. The van der Waals surface area contributed by atoms with E-state index in [9.17, 15) is 9.90 Å². The molecule has 0 radical (unpaired) electrons. The molecule has 0 aromatic heterocycles. The molecule has 17 heavy (non-hydrogen) atoms. The molecule has 1 heterocycles. The first-order valence-electron chi connectivity index (χ1n) is 5.68. The van der Waals surface area contributed by atoms with E-state index in [1.807, 2.05) is 18.2 Å². The number of β-amino-alcohol motifs (C(OH)–C–C–N with tert-alkyl or cyclic N) is 1. The van der Waals surface area contributed by atoms with Crippen LogP contribution in [0.3, 0.4) is 0 Å². The summed E-state index contributed by atoms with van der Waals surface area (Å²) in [6, 6.07) is 7.21. The van der Waals surface area contributed by atoms with Crippen LogP contribution < -0.4 is 10.6 Å². The van der Waals surface area contributed by atoms with E-state index in [0.29, 0.717) is 25.3 Å². The summed E-state index contributed by atoms with van der Waals surface area (Å²) in [6.07, 6.45) is -0.507. The number of aliphatic hydroxyl groups is 1. The number of nitrogens with zero attached hydrogens (tertiary/aromatic N) is 2. The Hall–Kier alpha value is -1.75. The number of carbonyl (C=O) groups excluding carboxylic acids is 1. The maximum absolute atomic E-state index is 12.1. The summed E-state index contributed by atoms with van der Waals surface area (Å²) in [6.45, 7) is 3.27. The number of aliphatic hydroxyl groups excluding tert-OH is 1. The van der Waals surface area contributed by atoms with Crippen LogP contribution in [-0.2, 0) is 0 Å². The quantitative estimate of drug-likeness (QED) is 0.764. The summed E-state index contributed by atoms with van der Waals surface area (Å²) >= 11 is 0. The lowest BCUT2D eigenvalue weighted by Crippen LogP contribution is -2.36. The predicted molar refractivity (Wildman–Crippen MR) is 66.9 cm³/mol. The van der Waals surface area contributed by atoms with Crippen LogP contribution >= 0.6 is 0 Å². The lowest BCUT2D eigenvalue weighted by Gasteiger charge is -2.20. The van der Waals surface area contributed by atoms with Gasteiger partial charge in [0.1, 0.15) is 0 Å². The molecule has 92 valence electrons. The fourth-order valence-electron chi connectivity index (χ4n) is 2.03. The molecule has 0 saturated carbocycles. The number of hydrogen-bond donors (Lipinski definition) is 2. The standard InChI is InChI=1S/C12H17N3O2/c1-9(16)8-14-6-7-15(12(14)17)11-5-3-2-4-10(11)13/h2-5,9,16H,6-8,13H2,1H3. The van der Waals surface area contributed by atoms with E-state index in [-0.39, 0.29) is 6.03 Å². The maximum Gasteiger partial charge on any atom is 0.324 e. The second-order valence-corrected chi connectivity index (χ2v) is 4.29. The molecule has 1 atom stereocenters. The van der Waals surface area contributed by atoms with Crippen molar-refractivity contribution in [3.8, 4) is 0 Å². The van der Waals surface area contributed by atoms with Crippen LogP contribution in [0.5, 0.6) is 0 Å². The first kappa shape index (κ1) is 11.7. The minimum absolute atomic E-state index is 0.0937. The van der Waals surface area contributed by atoms with Gasteiger partial charge in [0.2, 0.25) is 0 Å². The van der Waals surface area contributed by atoms with Gasteiger partial charge < -0.3 is 15.7 Å². The zero-order valence-electron chi connectivity index (χ0n) is 9.84. The van der Waals surface area contributed by atoms with Crippen molar-refractivity contribution in [3.05, 3.63) is 24.3 Å². The van der Waals surface area contributed by atoms with Crippen LogP contribution in [0.1, 0.15) is 6.92 Å². The van der Waals surface area contributed by atoms with Gasteiger partial charge in [0.15, 0.2) is 0 Å². The molecule has 1 aromatic rings. The van der Waals surface area contributed by atoms with Gasteiger partial charge in [0.05, 0.1) is 17.5 Å². The Kier molecular flexibility index (Phi) is 3.19. The summed E-state index contributed by atoms with van der Waals surface area (Å²) < 4.78 is 0. The fourth-order valence-corrected chi connectivity index (χ4v) is 2.03. The predicted octanol–water partition coefficient (Wildman–Crippen LogP) is 0.892. The van der Waals surface area contributed by atoms with Crippen LogP contribution in [0.25, 0.3) is 0 Å². The average molecular weight is 235 g/mol. The Morgan fingerprint density at radius 3 is 2.76 bits per heavy atom. The zero-order valence-corrected chi connectivity index (χ0v) is 9.84. The van der Waals surface area contributed by atoms with Crippen molar-refractivity contribution in [2.45, 2.75) is 13.0 Å². The Morgan fingerprint density at radius 2 is 2.12 bits per heavy atom. The van der Waals surface area contributed by atoms with Crippen molar-refractivity contribution in [2.75, 3.05) is 30.3 Å². The monoisotopic (exact) mass is 235 g/mol. The molecule has 5 nitrogen and oxygen atoms in total. The van der Waals surface area contributed by atoms with E-state index in [1.165, 1.54) is 0 Å². The van der Waals surface area contributed by atoms with E-state index in [0.717, 1.165) is 5.69 Å². The average Bonchev–Trinajstić information content (AvgIpc) is 2.61. The molecular weight excluding hydrogens is 218 g/mol. The molecule has 0 bridgehead atoms. The molecule has 0 aliphatic carbocycles. The molecule has 0 spiro atoms. The highest BCUT2D eigenvalue weighted by Crippen LogP contribution is 2.26. The smallest absolute Gasteiger partial charge is 0.324 e. The zero-order chi connectivity index (χ0) is 12.4. The number of nitrogen functional groups attached to an aromatic ring is 1. The maximum atomic E-state index is 12.1. The summed E-state index contributed by atoms with van der Waals surface area (Å²) in [5, 5.41) is 9.30. The number of urea groups is 1. The third-order valence-corrected chi connectivity index (χ3v) is 2.81. The minimum Gasteiger partial charge on any atom is -0.397 e. The Morgan fingerprint density at radius 1 is 1.41 bits per heavy atom. The minimum atomic E-state index is -0.507.